The molecule has 2 aromatic heterocycles. The van der Waals surface area contributed by atoms with Crippen LogP contribution in [-0.4, -0.2) is 91.0 Å². The first-order chi connectivity index (χ1) is 50.3. The molecule has 0 spiro atoms. The van der Waals surface area contributed by atoms with Crippen LogP contribution >= 0.6 is 22.7 Å². The van der Waals surface area contributed by atoms with Crippen molar-refractivity contribution in [3.8, 4) is 22.3 Å². The van der Waals surface area contributed by atoms with E-state index in [4.69, 9.17) is 0 Å². The summed E-state index contributed by atoms with van der Waals surface area (Å²) in [5.74, 6) is -4.88. The summed E-state index contributed by atoms with van der Waals surface area (Å²) >= 11 is 3.54. The molecule has 8 aliphatic carbocycles. The molecule has 0 radical (unpaired) electrons. The molecule has 0 bridgehead atoms. The van der Waals surface area contributed by atoms with Crippen molar-refractivity contribution < 1.29 is 38.4 Å². The second-order valence-corrected chi connectivity index (χ2v) is 32.2. The molecule has 7 aromatic carbocycles. The lowest BCUT2D eigenvalue weighted by molar-refractivity contribution is -0.144. The van der Waals surface area contributed by atoms with Crippen molar-refractivity contribution in [1.29, 1.82) is 0 Å². The van der Waals surface area contributed by atoms with Gasteiger partial charge >= 0.3 is 0 Å². The number of imide groups is 4. The van der Waals surface area contributed by atoms with E-state index in [-0.39, 0.29) is 65.4 Å². The van der Waals surface area contributed by atoms with Crippen molar-refractivity contribution in [3.05, 3.63) is 281 Å². The van der Waals surface area contributed by atoms with E-state index in [1.54, 1.807) is 22.7 Å². The monoisotopic (exact) mass is 1390 g/mol. The minimum Gasteiger partial charge on any atom is -0.275 e. The normalized spacial score (nSPS) is 21.6. The molecule has 12 nitrogen and oxygen atoms in total. The van der Waals surface area contributed by atoms with Gasteiger partial charge in [0.05, 0.1) is 11.8 Å². The fourth-order valence-corrected chi connectivity index (χ4v) is 22.0. The van der Waals surface area contributed by atoms with Crippen molar-refractivity contribution >= 4 is 144 Å². The average molecular weight is 1390 g/mol. The molecule has 14 heteroatoms. The maximum atomic E-state index is 15.1. The third-order valence-corrected chi connectivity index (χ3v) is 26.0. The summed E-state index contributed by atoms with van der Waals surface area (Å²) in [6.45, 7) is 14.9. The lowest BCUT2D eigenvalue weighted by atomic mass is 9.62. The summed E-state index contributed by atoms with van der Waals surface area (Å²) in [5, 5.41) is 7.89. The van der Waals surface area contributed by atoms with Crippen LogP contribution in [0.5, 0.6) is 0 Å². The lowest BCUT2D eigenvalue weighted by Crippen LogP contribution is -2.54. The predicted molar refractivity (Wildman–Crippen MR) is 408 cm³/mol. The number of benzene rings is 7. The molecule has 21 rings (SSSR count). The molecular formula is C90H62N4O8S2. The number of nitrogens with zero attached hydrogens (tertiary/aromatic N) is 4. The molecule has 0 saturated carbocycles. The van der Waals surface area contributed by atoms with Gasteiger partial charge in [-0.15, -0.1) is 22.7 Å². The van der Waals surface area contributed by atoms with E-state index in [9.17, 15) is 28.8 Å². The van der Waals surface area contributed by atoms with Gasteiger partial charge in [0.1, 0.15) is 0 Å². The molecule has 4 aliphatic heterocycles. The zero-order chi connectivity index (χ0) is 71.0. The predicted octanol–water partition coefficient (Wildman–Crippen LogP) is 13.8. The van der Waals surface area contributed by atoms with Crippen molar-refractivity contribution in [2.24, 2.45) is 11.8 Å². The number of rotatable bonds is 8. The quantitative estimate of drug-likeness (QED) is 0.137. The number of carbonyl (C=O) groups excluding carboxylic acids is 8. The van der Waals surface area contributed by atoms with Crippen LogP contribution < -0.4 is 20.9 Å². The molecule has 4 unspecified atom stereocenters. The second-order valence-electron chi connectivity index (χ2n) is 30.1. The van der Waals surface area contributed by atoms with E-state index < -0.39 is 29.7 Å². The Bertz CT molecular complexity index is 6550. The minimum absolute atomic E-state index is 0.255. The van der Waals surface area contributed by atoms with Gasteiger partial charge in [-0.25, -0.2) is 0 Å². The van der Waals surface area contributed by atoms with E-state index in [0.717, 1.165) is 139 Å². The van der Waals surface area contributed by atoms with E-state index in [1.807, 2.05) is 134 Å². The number of allylic oxidation sites excluding steroid dienone is 10. The maximum Gasteiger partial charge on any atom is 0.261 e. The third-order valence-electron chi connectivity index (χ3n) is 23.6. The Morgan fingerprint density at radius 2 is 0.875 bits per heavy atom. The number of hydrogen-bond acceptors (Lipinski definition) is 10. The van der Waals surface area contributed by atoms with Crippen molar-refractivity contribution in [2.45, 2.75) is 91.4 Å². The molecule has 0 saturated heterocycles. The molecule has 8 amide bonds. The molecular weight excluding hydrogens is 1330 g/mol. The Balaban J connectivity index is 0.753. The Morgan fingerprint density at radius 1 is 0.385 bits per heavy atom. The van der Waals surface area contributed by atoms with Crippen LogP contribution in [0.3, 0.4) is 0 Å². The van der Waals surface area contributed by atoms with E-state index in [1.165, 1.54) is 19.6 Å². The van der Waals surface area contributed by atoms with Crippen LogP contribution in [0.4, 0.5) is 0 Å². The highest BCUT2D eigenvalue weighted by atomic mass is 32.1. The Labute approximate surface area is 604 Å². The highest BCUT2D eigenvalue weighted by Gasteiger charge is 2.52. The zero-order valence-electron chi connectivity index (χ0n) is 57.8. The first-order valence-corrected chi connectivity index (χ1v) is 37.4. The maximum absolute atomic E-state index is 15.1. The summed E-state index contributed by atoms with van der Waals surface area (Å²) in [6, 6.07) is 40.9. The fraction of sp³-hybridized carbons (Fsp3) is 0.178. The molecule has 9 aromatic rings. The minimum atomic E-state index is -0.768. The number of thiophene rings is 2. The van der Waals surface area contributed by atoms with Crippen molar-refractivity contribution in [1.82, 2.24) is 19.6 Å². The van der Waals surface area contributed by atoms with Gasteiger partial charge in [0.2, 0.25) is 11.8 Å². The van der Waals surface area contributed by atoms with Crippen LogP contribution in [0.1, 0.15) is 110 Å². The van der Waals surface area contributed by atoms with Gasteiger partial charge < -0.3 is 0 Å². The molecule has 4 atom stereocenters. The standard InChI is InChI=1S/C90H62N4O8S2/c1-39(2)91-83(95)55-31-25-47-49-27-33-59-75-63(89(101)93(41(5)6)87(59)99)37-61(71(77(49)75)53-29-35-57(85(91)97)73(55)69(47)53)43-17-21-45(22-18-43)67-79-51-13-9-11-15-65(51)104-82(79)68(80-52-14-10-12-16-66(52)103-81(67)80)46-23-19-44(20-24-46)62-38-64-76-60(88(100)94(42(7)8)90(64)102)34-28-50-48-26-32-56-74-58(86(98)92(40(3)4)84(56)96)36-30-54(70(48)74)72(62)78(50)76/h9-42,55,64,70,77H,1-8H3. The van der Waals surface area contributed by atoms with Gasteiger partial charge in [-0.2, -0.15) is 0 Å². The average Bonchev–Trinajstić information content (AvgIpc) is 0.879. The number of fused-ring (bicyclic) bond motifs is 8. The Hall–Kier alpha value is -11.6. The molecule has 12 aliphatic rings. The van der Waals surface area contributed by atoms with E-state index in [0.29, 0.717) is 55.7 Å². The van der Waals surface area contributed by atoms with Gasteiger partial charge in [0.25, 0.3) is 35.4 Å². The molecule has 6 heterocycles. The number of carbonyl (C=O) groups is 8. The topological polar surface area (TPSA) is 150 Å². The van der Waals surface area contributed by atoms with Crippen LogP contribution in [0.25, 0.3) is 96.0 Å². The Kier molecular flexibility index (Phi) is 12.4. The third kappa shape index (κ3) is 7.60. The van der Waals surface area contributed by atoms with Crippen LogP contribution in [-0.2, 0) is 28.8 Å². The van der Waals surface area contributed by atoms with Crippen LogP contribution in [0, 0.1) is 11.8 Å². The van der Waals surface area contributed by atoms with Crippen LogP contribution in [0.2, 0.25) is 0 Å². The van der Waals surface area contributed by atoms with Gasteiger partial charge in [-0.1, -0.05) is 134 Å². The highest BCUT2D eigenvalue weighted by molar-refractivity contribution is 7.28. The molecule has 502 valence electrons. The van der Waals surface area contributed by atoms with E-state index >= 15 is 9.59 Å². The SMILES string of the molecule is CC(C)N1C(=O)C2=CC=C3C4=c5c6c(ccc5=C5C=CC(=C2C35)C1=O)C(=O)N(C(C)C)C(=O)C6C=C4c1ccc(-c2c3sc4ccccc4c3c(-c3ccc(C4=CC5=C6C(=CC=C7C8=c9c%10c(ccc9=C4C76)C(=O)N(C(C)C)C(=O)C%10C=C8)C(=O)N(C(C)C)C5=O)cc3)c3sc4ccccc4c23)cc1. The Morgan fingerprint density at radius 3 is 1.44 bits per heavy atom. The highest BCUT2D eigenvalue weighted by Crippen LogP contribution is 2.58. The first-order valence-electron chi connectivity index (χ1n) is 35.8. The smallest absolute Gasteiger partial charge is 0.261 e. The fourth-order valence-electron chi connectivity index (χ4n) is 19.4. The summed E-state index contributed by atoms with van der Waals surface area (Å²) < 4.78 is 4.50. The summed E-state index contributed by atoms with van der Waals surface area (Å²) in [5.41, 5.74) is 18.7. The van der Waals surface area contributed by atoms with Crippen molar-refractivity contribution in [2.75, 3.05) is 0 Å². The van der Waals surface area contributed by atoms with Gasteiger partial charge in [-0.3, -0.25) is 58.0 Å². The summed E-state index contributed by atoms with van der Waals surface area (Å²) in [7, 11) is 0. The molecule has 104 heavy (non-hydrogen) atoms. The van der Waals surface area contributed by atoms with E-state index in [2.05, 4.69) is 103 Å². The first kappa shape index (κ1) is 61.1. The molecule has 0 N–H and O–H groups in total. The number of hydrogen-bond donors (Lipinski definition) is 0. The van der Waals surface area contributed by atoms with Crippen LogP contribution in [0.15, 0.2) is 227 Å². The lowest BCUT2D eigenvalue weighted by Gasteiger charge is -2.44. The van der Waals surface area contributed by atoms with Crippen molar-refractivity contribution in [3.63, 3.8) is 0 Å². The zero-order valence-corrected chi connectivity index (χ0v) is 59.4. The summed E-state index contributed by atoms with van der Waals surface area (Å²) in [4.78, 5) is 123. The van der Waals surface area contributed by atoms with Gasteiger partial charge in [0, 0.05) is 121 Å². The number of amides is 8. The van der Waals surface area contributed by atoms with Gasteiger partial charge in [-0.05, 0) is 214 Å². The largest absolute Gasteiger partial charge is 0.275 e. The second kappa shape index (κ2) is 21.1. The van der Waals surface area contributed by atoms with Gasteiger partial charge in [0.15, 0.2) is 0 Å². The molecule has 0 fully saturated rings. The summed E-state index contributed by atoms with van der Waals surface area (Å²) in [6.07, 6.45) is 19.6.